The second-order valence-electron chi connectivity index (χ2n) is 6.64. The maximum Gasteiger partial charge on any atom is 0.252 e. The number of ether oxygens (including phenoxy) is 1. The number of rotatable bonds is 4. The third-order valence-electron chi connectivity index (χ3n) is 4.65. The van der Waals surface area contributed by atoms with Crippen LogP contribution in [0.3, 0.4) is 0 Å². The van der Waals surface area contributed by atoms with E-state index < -0.39 is 0 Å². The Kier molecular flexibility index (Phi) is 4.83. The molecule has 0 spiro atoms. The van der Waals surface area contributed by atoms with E-state index in [1.807, 2.05) is 18.2 Å². The zero-order valence-corrected chi connectivity index (χ0v) is 14.7. The number of halogens is 1. The summed E-state index contributed by atoms with van der Waals surface area (Å²) in [5.74, 6) is 0.681. The topological polar surface area (TPSA) is 51.2 Å². The van der Waals surface area contributed by atoms with Crippen molar-refractivity contribution in [1.29, 1.82) is 0 Å². The second-order valence-corrected chi connectivity index (χ2v) is 6.64. The van der Waals surface area contributed by atoms with Gasteiger partial charge in [0.05, 0.1) is 17.9 Å². The minimum atomic E-state index is -0.313. The summed E-state index contributed by atoms with van der Waals surface area (Å²) in [6, 6.07) is 17.6. The van der Waals surface area contributed by atoms with Gasteiger partial charge in [0, 0.05) is 24.2 Å². The van der Waals surface area contributed by atoms with Crippen molar-refractivity contribution in [2.24, 2.45) is 5.92 Å². The number of carbonyl (C=O) groups is 1. The molecule has 136 valence electrons. The van der Waals surface area contributed by atoms with Gasteiger partial charge in [-0.1, -0.05) is 30.3 Å². The number of amides is 1. The smallest absolute Gasteiger partial charge is 0.252 e. The molecule has 1 aromatic heterocycles. The maximum atomic E-state index is 13.3. The van der Waals surface area contributed by atoms with Gasteiger partial charge in [0.1, 0.15) is 11.6 Å². The van der Waals surface area contributed by atoms with E-state index in [9.17, 15) is 9.18 Å². The van der Waals surface area contributed by atoms with Crippen molar-refractivity contribution in [2.75, 3.05) is 13.2 Å². The Morgan fingerprint density at radius 3 is 2.85 bits per heavy atom. The Morgan fingerprint density at radius 2 is 2.04 bits per heavy atom. The number of aromatic nitrogens is 1. The summed E-state index contributed by atoms with van der Waals surface area (Å²) in [5.41, 5.74) is 2.96. The highest BCUT2D eigenvalue weighted by atomic mass is 19.1. The SMILES string of the molecule is O=C(NC[C@@H]1COc2ccccc2C1)c1ccc(-c2cccc(F)c2)nc1. The molecule has 27 heavy (non-hydrogen) atoms. The van der Waals surface area contributed by atoms with Gasteiger partial charge in [0.2, 0.25) is 0 Å². The highest BCUT2D eigenvalue weighted by Gasteiger charge is 2.20. The van der Waals surface area contributed by atoms with Crippen molar-refractivity contribution in [3.63, 3.8) is 0 Å². The first-order valence-electron chi connectivity index (χ1n) is 8.90. The fraction of sp³-hybridized carbons (Fsp3) is 0.182. The number of benzene rings is 2. The lowest BCUT2D eigenvalue weighted by molar-refractivity contribution is 0.0938. The van der Waals surface area contributed by atoms with Crippen molar-refractivity contribution in [3.05, 3.63) is 83.8 Å². The quantitative estimate of drug-likeness (QED) is 0.767. The Hall–Kier alpha value is -3.21. The van der Waals surface area contributed by atoms with E-state index in [0.29, 0.717) is 30.0 Å². The normalized spacial score (nSPS) is 15.5. The molecule has 1 atom stereocenters. The van der Waals surface area contributed by atoms with Crippen LogP contribution >= 0.6 is 0 Å². The van der Waals surface area contributed by atoms with Crippen molar-refractivity contribution in [3.8, 4) is 17.0 Å². The van der Waals surface area contributed by atoms with E-state index in [0.717, 1.165) is 12.2 Å². The molecule has 0 saturated carbocycles. The Morgan fingerprint density at radius 1 is 1.15 bits per heavy atom. The number of fused-ring (bicyclic) bond motifs is 1. The van der Waals surface area contributed by atoms with Crippen LogP contribution in [0.4, 0.5) is 4.39 Å². The zero-order valence-electron chi connectivity index (χ0n) is 14.7. The first kappa shape index (κ1) is 17.2. The molecule has 0 radical (unpaired) electrons. The number of hydrogen-bond donors (Lipinski definition) is 1. The highest BCUT2D eigenvalue weighted by Crippen LogP contribution is 2.26. The number of pyridine rings is 1. The van der Waals surface area contributed by atoms with E-state index in [4.69, 9.17) is 4.74 Å². The van der Waals surface area contributed by atoms with E-state index in [1.54, 1.807) is 24.3 Å². The van der Waals surface area contributed by atoms with Crippen LogP contribution in [-0.4, -0.2) is 24.0 Å². The first-order valence-corrected chi connectivity index (χ1v) is 8.90. The largest absolute Gasteiger partial charge is 0.493 e. The average molecular weight is 362 g/mol. The Bertz CT molecular complexity index is 957. The molecule has 0 bridgehead atoms. The molecule has 0 unspecified atom stereocenters. The van der Waals surface area contributed by atoms with E-state index in [-0.39, 0.29) is 17.6 Å². The van der Waals surface area contributed by atoms with Gasteiger partial charge in [-0.3, -0.25) is 9.78 Å². The number of nitrogens with zero attached hydrogens (tertiary/aromatic N) is 1. The van der Waals surface area contributed by atoms with Gasteiger partial charge in [-0.05, 0) is 42.3 Å². The number of nitrogens with one attached hydrogen (secondary N) is 1. The van der Waals surface area contributed by atoms with Crippen molar-refractivity contribution in [1.82, 2.24) is 10.3 Å². The van der Waals surface area contributed by atoms with E-state index in [1.165, 1.54) is 23.9 Å². The van der Waals surface area contributed by atoms with Gasteiger partial charge in [0.25, 0.3) is 5.91 Å². The molecule has 4 nitrogen and oxygen atoms in total. The number of para-hydroxylation sites is 1. The molecule has 2 aromatic carbocycles. The van der Waals surface area contributed by atoms with Gasteiger partial charge in [-0.25, -0.2) is 4.39 Å². The van der Waals surface area contributed by atoms with Crippen molar-refractivity contribution < 1.29 is 13.9 Å². The molecule has 5 heteroatoms. The molecule has 0 saturated heterocycles. The van der Waals surface area contributed by atoms with Crippen molar-refractivity contribution in [2.45, 2.75) is 6.42 Å². The molecule has 1 aliphatic rings. The van der Waals surface area contributed by atoms with Gasteiger partial charge in [0.15, 0.2) is 0 Å². The molecule has 2 heterocycles. The predicted molar refractivity (Wildman–Crippen MR) is 101 cm³/mol. The van der Waals surface area contributed by atoms with Gasteiger partial charge in [-0.2, -0.15) is 0 Å². The predicted octanol–water partition coefficient (Wildman–Crippen LogP) is 3.87. The van der Waals surface area contributed by atoms with Crippen LogP contribution in [-0.2, 0) is 6.42 Å². The molecule has 1 aliphatic heterocycles. The number of carbonyl (C=O) groups excluding carboxylic acids is 1. The third-order valence-corrected chi connectivity index (χ3v) is 4.65. The zero-order chi connectivity index (χ0) is 18.6. The monoisotopic (exact) mass is 362 g/mol. The van der Waals surface area contributed by atoms with Crippen LogP contribution in [0.5, 0.6) is 5.75 Å². The summed E-state index contributed by atoms with van der Waals surface area (Å²) in [4.78, 5) is 16.7. The fourth-order valence-electron chi connectivity index (χ4n) is 3.21. The lowest BCUT2D eigenvalue weighted by Crippen LogP contribution is -2.34. The summed E-state index contributed by atoms with van der Waals surface area (Å²) in [7, 11) is 0. The summed E-state index contributed by atoms with van der Waals surface area (Å²) >= 11 is 0. The van der Waals surface area contributed by atoms with Crippen LogP contribution in [0, 0.1) is 11.7 Å². The molecular weight excluding hydrogens is 343 g/mol. The minimum absolute atomic E-state index is 0.174. The summed E-state index contributed by atoms with van der Waals surface area (Å²) in [6.45, 7) is 1.13. The fourth-order valence-corrected chi connectivity index (χ4v) is 3.21. The first-order chi connectivity index (χ1) is 13.2. The maximum absolute atomic E-state index is 13.3. The Labute approximate surface area is 157 Å². The van der Waals surface area contributed by atoms with Crippen LogP contribution in [0.1, 0.15) is 15.9 Å². The van der Waals surface area contributed by atoms with Crippen LogP contribution in [0.25, 0.3) is 11.3 Å². The van der Waals surface area contributed by atoms with Gasteiger partial charge < -0.3 is 10.1 Å². The number of hydrogen-bond acceptors (Lipinski definition) is 3. The van der Waals surface area contributed by atoms with Crippen LogP contribution in [0.2, 0.25) is 0 Å². The lowest BCUT2D eigenvalue weighted by atomic mass is 9.96. The van der Waals surface area contributed by atoms with E-state index >= 15 is 0 Å². The molecule has 3 aromatic rings. The summed E-state index contributed by atoms with van der Waals surface area (Å²) < 4.78 is 19.1. The highest BCUT2D eigenvalue weighted by molar-refractivity contribution is 5.94. The van der Waals surface area contributed by atoms with Crippen molar-refractivity contribution >= 4 is 5.91 Å². The van der Waals surface area contributed by atoms with Gasteiger partial charge in [-0.15, -0.1) is 0 Å². The molecule has 4 rings (SSSR count). The summed E-state index contributed by atoms with van der Waals surface area (Å²) in [6.07, 6.45) is 2.40. The standard InChI is InChI=1S/C22H19FN2O2/c23-19-6-3-5-16(11-19)20-9-8-18(13-24-20)22(26)25-12-15-10-17-4-1-2-7-21(17)27-14-15/h1-9,11,13,15H,10,12,14H2,(H,25,26)/t15-/m1/s1. The molecule has 0 fully saturated rings. The second kappa shape index (κ2) is 7.58. The molecular formula is C22H19FN2O2. The van der Waals surface area contributed by atoms with Crippen LogP contribution in [0.15, 0.2) is 66.9 Å². The average Bonchev–Trinajstić information content (AvgIpc) is 2.72. The lowest BCUT2D eigenvalue weighted by Gasteiger charge is -2.25. The summed E-state index contributed by atoms with van der Waals surface area (Å²) in [5, 5.41) is 2.95. The molecule has 1 amide bonds. The molecule has 1 N–H and O–H groups in total. The van der Waals surface area contributed by atoms with Gasteiger partial charge >= 0.3 is 0 Å². The Balaban J connectivity index is 1.36. The molecule has 0 aliphatic carbocycles. The van der Waals surface area contributed by atoms with Crippen LogP contribution < -0.4 is 10.1 Å². The third kappa shape index (κ3) is 3.97. The minimum Gasteiger partial charge on any atom is -0.493 e. The van der Waals surface area contributed by atoms with E-state index in [2.05, 4.69) is 16.4 Å².